The molecule has 16 heavy (non-hydrogen) atoms. The van der Waals surface area contributed by atoms with Crippen LogP contribution in [-0.4, -0.2) is 22.6 Å². The molecule has 1 aromatic rings. The van der Waals surface area contributed by atoms with Crippen LogP contribution >= 0.6 is 0 Å². The summed E-state index contributed by atoms with van der Waals surface area (Å²) in [4.78, 5) is 21.2. The van der Waals surface area contributed by atoms with E-state index in [1.54, 1.807) is 6.92 Å². The van der Waals surface area contributed by atoms with Crippen molar-refractivity contribution in [3.63, 3.8) is 0 Å². The third-order valence-corrected chi connectivity index (χ3v) is 1.91. The summed E-state index contributed by atoms with van der Waals surface area (Å²) in [5, 5.41) is 19.8. The molecule has 1 N–H and O–H groups in total. The number of esters is 1. The number of aromatic hydroxyl groups is 1. The van der Waals surface area contributed by atoms with Crippen LogP contribution in [-0.2, 0) is 16.0 Å². The van der Waals surface area contributed by atoms with Gasteiger partial charge in [0.15, 0.2) is 0 Å². The Labute approximate surface area is 91.6 Å². The van der Waals surface area contributed by atoms with Gasteiger partial charge in [0.1, 0.15) is 5.75 Å². The van der Waals surface area contributed by atoms with Crippen molar-refractivity contribution in [3.05, 3.63) is 33.9 Å². The normalized spacial score (nSPS) is 9.81. The molecule has 0 aliphatic carbocycles. The standard InChI is InChI=1S/C10H11NO5/c1-2-16-10(13)5-7-3-4-8(12)6-9(7)11(14)15/h3-4,6,12H,2,5H2,1H3. The van der Waals surface area contributed by atoms with Gasteiger partial charge < -0.3 is 9.84 Å². The van der Waals surface area contributed by atoms with Crippen LogP contribution in [0.1, 0.15) is 12.5 Å². The molecule has 0 unspecified atom stereocenters. The zero-order valence-corrected chi connectivity index (χ0v) is 8.67. The maximum Gasteiger partial charge on any atom is 0.310 e. The monoisotopic (exact) mass is 225 g/mol. The van der Waals surface area contributed by atoms with E-state index in [1.165, 1.54) is 12.1 Å². The molecule has 86 valence electrons. The fourth-order valence-corrected chi connectivity index (χ4v) is 1.24. The summed E-state index contributed by atoms with van der Waals surface area (Å²) >= 11 is 0. The summed E-state index contributed by atoms with van der Waals surface area (Å²) in [7, 11) is 0. The highest BCUT2D eigenvalue weighted by atomic mass is 16.6. The van der Waals surface area contributed by atoms with Crippen molar-refractivity contribution in [2.45, 2.75) is 13.3 Å². The first kappa shape index (κ1) is 12.0. The minimum Gasteiger partial charge on any atom is -0.508 e. The van der Waals surface area contributed by atoms with Crippen LogP contribution in [0.2, 0.25) is 0 Å². The fraction of sp³-hybridized carbons (Fsp3) is 0.300. The van der Waals surface area contributed by atoms with Crippen molar-refractivity contribution >= 4 is 11.7 Å². The Morgan fingerprint density at radius 3 is 2.81 bits per heavy atom. The number of nitro groups is 1. The Balaban J connectivity index is 2.95. The van der Waals surface area contributed by atoms with E-state index in [0.29, 0.717) is 0 Å². The lowest BCUT2D eigenvalue weighted by Gasteiger charge is -2.03. The predicted octanol–water partition coefficient (Wildman–Crippen LogP) is 1.41. The number of phenols is 1. The topological polar surface area (TPSA) is 89.7 Å². The molecule has 0 radical (unpaired) electrons. The van der Waals surface area contributed by atoms with Gasteiger partial charge in [0.2, 0.25) is 0 Å². The highest BCUT2D eigenvalue weighted by Crippen LogP contribution is 2.24. The van der Waals surface area contributed by atoms with Gasteiger partial charge in [0.25, 0.3) is 5.69 Å². The van der Waals surface area contributed by atoms with E-state index < -0.39 is 10.9 Å². The van der Waals surface area contributed by atoms with Crippen LogP contribution in [0.3, 0.4) is 0 Å². The molecular formula is C10H11NO5. The number of nitro benzene ring substituents is 1. The van der Waals surface area contributed by atoms with Gasteiger partial charge in [0, 0.05) is 5.56 Å². The first-order chi connectivity index (χ1) is 7.54. The Morgan fingerprint density at radius 2 is 2.25 bits per heavy atom. The summed E-state index contributed by atoms with van der Waals surface area (Å²) in [6, 6.07) is 3.64. The van der Waals surface area contributed by atoms with Crippen molar-refractivity contribution in [1.82, 2.24) is 0 Å². The van der Waals surface area contributed by atoms with Crippen LogP contribution in [0.5, 0.6) is 5.75 Å². The van der Waals surface area contributed by atoms with Crippen molar-refractivity contribution < 1.29 is 19.6 Å². The Hall–Kier alpha value is -2.11. The smallest absolute Gasteiger partial charge is 0.310 e. The number of benzene rings is 1. The first-order valence-corrected chi connectivity index (χ1v) is 4.66. The molecule has 0 atom stereocenters. The van der Waals surface area contributed by atoms with Gasteiger partial charge in [-0.1, -0.05) is 0 Å². The minimum atomic E-state index is -0.645. The molecule has 1 aromatic carbocycles. The van der Waals surface area contributed by atoms with E-state index in [-0.39, 0.29) is 30.0 Å². The second-order valence-corrected chi connectivity index (χ2v) is 3.05. The number of carbonyl (C=O) groups is 1. The fourth-order valence-electron chi connectivity index (χ4n) is 1.24. The molecule has 0 aliphatic rings. The van der Waals surface area contributed by atoms with Crippen molar-refractivity contribution in [3.8, 4) is 5.75 Å². The van der Waals surface area contributed by atoms with E-state index in [2.05, 4.69) is 4.74 Å². The molecule has 0 bridgehead atoms. The first-order valence-electron chi connectivity index (χ1n) is 4.66. The minimum absolute atomic E-state index is 0.176. The second kappa shape index (κ2) is 5.11. The Kier molecular flexibility index (Phi) is 3.82. The number of hydrogen-bond donors (Lipinski definition) is 1. The van der Waals surface area contributed by atoms with Gasteiger partial charge in [-0.3, -0.25) is 14.9 Å². The summed E-state index contributed by atoms with van der Waals surface area (Å²) in [6.45, 7) is 1.88. The van der Waals surface area contributed by atoms with Gasteiger partial charge >= 0.3 is 5.97 Å². The molecule has 0 aliphatic heterocycles. The van der Waals surface area contributed by atoms with Crippen molar-refractivity contribution in [1.29, 1.82) is 0 Å². The average molecular weight is 225 g/mol. The lowest BCUT2D eigenvalue weighted by atomic mass is 10.1. The van der Waals surface area contributed by atoms with Crippen LogP contribution in [0.4, 0.5) is 5.69 Å². The maximum atomic E-state index is 11.2. The number of nitrogens with zero attached hydrogens (tertiary/aromatic N) is 1. The van der Waals surface area contributed by atoms with Crippen LogP contribution in [0, 0.1) is 10.1 Å². The molecule has 6 nitrogen and oxygen atoms in total. The third kappa shape index (κ3) is 2.94. The van der Waals surface area contributed by atoms with E-state index in [0.717, 1.165) is 6.07 Å². The van der Waals surface area contributed by atoms with Crippen LogP contribution in [0.25, 0.3) is 0 Å². The zero-order valence-electron chi connectivity index (χ0n) is 8.67. The van der Waals surface area contributed by atoms with Crippen molar-refractivity contribution in [2.75, 3.05) is 6.61 Å². The quantitative estimate of drug-likeness (QED) is 0.475. The van der Waals surface area contributed by atoms with E-state index in [9.17, 15) is 14.9 Å². The average Bonchev–Trinajstić information content (AvgIpc) is 2.20. The maximum absolute atomic E-state index is 11.2. The predicted molar refractivity (Wildman–Crippen MR) is 55.1 cm³/mol. The number of hydrogen-bond acceptors (Lipinski definition) is 5. The molecule has 0 saturated heterocycles. The third-order valence-electron chi connectivity index (χ3n) is 1.91. The summed E-state index contributed by atoms with van der Waals surface area (Å²) in [6.07, 6.45) is -0.176. The molecule has 0 fully saturated rings. The highest BCUT2D eigenvalue weighted by Gasteiger charge is 2.17. The molecule has 0 saturated carbocycles. The van der Waals surface area contributed by atoms with Gasteiger partial charge in [0.05, 0.1) is 24.0 Å². The molecule has 0 amide bonds. The van der Waals surface area contributed by atoms with E-state index >= 15 is 0 Å². The highest BCUT2D eigenvalue weighted by molar-refractivity contribution is 5.74. The largest absolute Gasteiger partial charge is 0.508 e. The van der Waals surface area contributed by atoms with Crippen LogP contribution < -0.4 is 0 Å². The Bertz CT molecular complexity index is 416. The Morgan fingerprint density at radius 1 is 1.56 bits per heavy atom. The van der Waals surface area contributed by atoms with Gasteiger partial charge in [-0.2, -0.15) is 0 Å². The van der Waals surface area contributed by atoms with Gasteiger partial charge in [-0.05, 0) is 19.1 Å². The SMILES string of the molecule is CCOC(=O)Cc1ccc(O)cc1[N+](=O)[O-]. The summed E-state index contributed by atoms with van der Waals surface area (Å²) in [5.41, 5.74) is -0.0608. The molecule has 0 spiro atoms. The van der Waals surface area contributed by atoms with E-state index in [1.807, 2.05) is 0 Å². The van der Waals surface area contributed by atoms with Crippen LogP contribution in [0.15, 0.2) is 18.2 Å². The molecular weight excluding hydrogens is 214 g/mol. The number of rotatable bonds is 4. The van der Waals surface area contributed by atoms with Gasteiger partial charge in [-0.15, -0.1) is 0 Å². The zero-order chi connectivity index (χ0) is 12.1. The van der Waals surface area contributed by atoms with Crippen molar-refractivity contribution in [2.24, 2.45) is 0 Å². The molecule has 0 heterocycles. The molecule has 0 aromatic heterocycles. The lowest BCUT2D eigenvalue weighted by Crippen LogP contribution is -2.09. The molecule has 6 heteroatoms. The number of carbonyl (C=O) groups excluding carboxylic acids is 1. The number of ether oxygens (including phenoxy) is 1. The van der Waals surface area contributed by atoms with Gasteiger partial charge in [-0.25, -0.2) is 0 Å². The lowest BCUT2D eigenvalue weighted by molar-refractivity contribution is -0.385. The summed E-state index contributed by atoms with van der Waals surface area (Å²) in [5.74, 6) is -0.740. The van der Waals surface area contributed by atoms with E-state index in [4.69, 9.17) is 5.11 Å². The number of phenolic OH excluding ortho intramolecular Hbond substituents is 1. The second-order valence-electron chi connectivity index (χ2n) is 3.05. The molecule has 1 rings (SSSR count). The summed E-state index contributed by atoms with van der Waals surface area (Å²) < 4.78 is 4.69.